The molecule has 20 heavy (non-hydrogen) atoms. The summed E-state index contributed by atoms with van der Waals surface area (Å²) in [6, 6.07) is 5.81. The van der Waals surface area contributed by atoms with Crippen molar-refractivity contribution in [1.29, 1.82) is 0 Å². The molecule has 2 aromatic rings. The lowest BCUT2D eigenvalue weighted by Gasteiger charge is -2.11. The third-order valence-electron chi connectivity index (χ3n) is 3.31. The normalized spacial score (nSPS) is 19.0. The number of benzene rings is 1. The second-order valence-corrected chi connectivity index (χ2v) is 6.11. The summed E-state index contributed by atoms with van der Waals surface area (Å²) in [5.74, 6) is 1.69. The van der Waals surface area contributed by atoms with Crippen molar-refractivity contribution >= 4 is 44.2 Å². The number of aromatic nitrogens is 1. The van der Waals surface area contributed by atoms with Crippen molar-refractivity contribution in [3.63, 3.8) is 0 Å². The molecule has 1 aromatic carbocycles. The Morgan fingerprint density at radius 3 is 3.10 bits per heavy atom. The second kappa shape index (κ2) is 5.58. The molecule has 1 atom stereocenters. The quantitative estimate of drug-likeness (QED) is 0.814. The molecule has 0 bridgehead atoms. The van der Waals surface area contributed by atoms with Gasteiger partial charge in [-0.2, -0.15) is 0 Å². The second-order valence-electron chi connectivity index (χ2n) is 4.79. The maximum absolute atomic E-state index is 12.0. The van der Waals surface area contributed by atoms with Crippen LogP contribution in [0.2, 0.25) is 0 Å². The molecule has 1 unspecified atom stereocenters. The van der Waals surface area contributed by atoms with Gasteiger partial charge in [-0.25, -0.2) is 4.98 Å². The molecule has 0 aliphatic carbocycles. The number of rotatable bonds is 4. The van der Waals surface area contributed by atoms with Gasteiger partial charge in [-0.1, -0.05) is 11.3 Å². The Labute approximate surface area is 126 Å². The van der Waals surface area contributed by atoms with E-state index in [2.05, 4.69) is 4.98 Å². The van der Waals surface area contributed by atoms with Crippen LogP contribution in [0.25, 0.3) is 10.2 Å². The Balaban J connectivity index is 1.91. The van der Waals surface area contributed by atoms with Crippen LogP contribution in [-0.4, -0.2) is 29.9 Å². The van der Waals surface area contributed by atoms with E-state index in [1.807, 2.05) is 25.1 Å². The van der Waals surface area contributed by atoms with Crippen molar-refractivity contribution in [2.24, 2.45) is 5.92 Å². The van der Waals surface area contributed by atoms with Crippen molar-refractivity contribution < 1.29 is 9.53 Å². The van der Waals surface area contributed by atoms with Crippen LogP contribution in [0.15, 0.2) is 18.2 Å². The van der Waals surface area contributed by atoms with Gasteiger partial charge in [-0.3, -0.25) is 9.69 Å². The number of hydrogen-bond acceptors (Lipinski definition) is 4. The van der Waals surface area contributed by atoms with Gasteiger partial charge in [0.15, 0.2) is 5.13 Å². The van der Waals surface area contributed by atoms with Crippen LogP contribution < -0.4 is 9.64 Å². The minimum absolute atomic E-state index is 0.111. The zero-order chi connectivity index (χ0) is 14.1. The largest absolute Gasteiger partial charge is 0.494 e. The van der Waals surface area contributed by atoms with Gasteiger partial charge in [0.05, 0.1) is 16.8 Å². The number of ether oxygens (including phenoxy) is 1. The minimum atomic E-state index is 0.111. The summed E-state index contributed by atoms with van der Waals surface area (Å²) in [4.78, 5) is 18.3. The Bertz CT molecular complexity index is 643. The topological polar surface area (TPSA) is 42.4 Å². The lowest BCUT2D eigenvalue weighted by atomic mass is 10.2. The number of hydrogen-bond donors (Lipinski definition) is 0. The first-order valence-electron chi connectivity index (χ1n) is 6.61. The maximum Gasteiger partial charge on any atom is 0.229 e. The fraction of sp³-hybridized carbons (Fsp3) is 0.429. The lowest BCUT2D eigenvalue weighted by molar-refractivity contribution is -0.117. The zero-order valence-corrected chi connectivity index (χ0v) is 12.7. The molecule has 1 aliphatic heterocycles. The van der Waals surface area contributed by atoms with Gasteiger partial charge in [0, 0.05) is 18.8 Å². The van der Waals surface area contributed by atoms with Crippen molar-refractivity contribution in [3.8, 4) is 5.75 Å². The van der Waals surface area contributed by atoms with Gasteiger partial charge in [0.1, 0.15) is 5.75 Å². The predicted octanol–water partition coefficient (Wildman–Crippen LogP) is 3.29. The number of carbonyl (C=O) groups is 1. The standard InChI is InChI=1S/C14H15ClN2O2S/c1-2-19-10-3-4-11-12(6-10)20-14(16-11)17-8-9(7-15)5-13(17)18/h3-4,6,9H,2,5,7-8H2,1H3. The molecule has 3 rings (SSSR count). The molecule has 0 N–H and O–H groups in total. The number of halogens is 1. The molecule has 0 saturated carbocycles. The van der Waals surface area contributed by atoms with E-state index in [0.29, 0.717) is 25.5 Å². The summed E-state index contributed by atoms with van der Waals surface area (Å²) in [5.41, 5.74) is 0.899. The molecule has 4 nitrogen and oxygen atoms in total. The van der Waals surface area contributed by atoms with Gasteiger partial charge in [-0.05, 0) is 31.0 Å². The van der Waals surface area contributed by atoms with Crippen molar-refractivity contribution in [2.75, 3.05) is 23.9 Å². The van der Waals surface area contributed by atoms with Crippen LogP contribution >= 0.6 is 22.9 Å². The summed E-state index contributed by atoms with van der Waals surface area (Å²) in [7, 11) is 0. The van der Waals surface area contributed by atoms with Gasteiger partial charge in [-0.15, -0.1) is 11.6 Å². The van der Waals surface area contributed by atoms with E-state index in [9.17, 15) is 4.79 Å². The van der Waals surface area contributed by atoms with Gasteiger partial charge < -0.3 is 4.74 Å². The third kappa shape index (κ3) is 2.47. The number of fused-ring (bicyclic) bond motifs is 1. The highest BCUT2D eigenvalue weighted by molar-refractivity contribution is 7.22. The number of anilines is 1. The van der Waals surface area contributed by atoms with Gasteiger partial charge in [0.25, 0.3) is 0 Å². The number of amides is 1. The van der Waals surface area contributed by atoms with E-state index >= 15 is 0 Å². The molecular weight excluding hydrogens is 296 g/mol. The molecule has 1 aliphatic rings. The van der Waals surface area contributed by atoms with Gasteiger partial charge >= 0.3 is 0 Å². The number of carbonyl (C=O) groups excluding carboxylic acids is 1. The van der Waals surface area contributed by atoms with E-state index in [0.717, 1.165) is 21.1 Å². The van der Waals surface area contributed by atoms with Crippen LogP contribution in [0.1, 0.15) is 13.3 Å². The molecule has 1 fully saturated rings. The average Bonchev–Trinajstić information content (AvgIpc) is 3.01. The molecule has 0 radical (unpaired) electrons. The Kier molecular flexibility index (Phi) is 3.81. The van der Waals surface area contributed by atoms with Crippen molar-refractivity contribution in [3.05, 3.63) is 18.2 Å². The summed E-state index contributed by atoms with van der Waals surface area (Å²) in [6.07, 6.45) is 0.517. The van der Waals surface area contributed by atoms with E-state index in [-0.39, 0.29) is 11.8 Å². The smallest absolute Gasteiger partial charge is 0.229 e. The molecule has 106 valence electrons. The first-order valence-corrected chi connectivity index (χ1v) is 7.96. The summed E-state index contributed by atoms with van der Waals surface area (Å²) in [6.45, 7) is 3.26. The SMILES string of the molecule is CCOc1ccc2nc(N3CC(CCl)CC3=O)sc2c1. The Hall–Kier alpha value is -1.33. The third-order valence-corrected chi connectivity index (χ3v) is 4.79. The Morgan fingerprint density at radius 2 is 2.40 bits per heavy atom. The first-order chi connectivity index (χ1) is 9.71. The van der Waals surface area contributed by atoms with E-state index in [4.69, 9.17) is 16.3 Å². The molecule has 0 spiro atoms. The van der Waals surface area contributed by atoms with Crippen molar-refractivity contribution in [2.45, 2.75) is 13.3 Å². The Morgan fingerprint density at radius 1 is 1.55 bits per heavy atom. The van der Waals surface area contributed by atoms with E-state index in [1.165, 1.54) is 11.3 Å². The fourth-order valence-corrected chi connectivity index (χ4v) is 3.56. The first kappa shape index (κ1) is 13.6. The molecule has 6 heteroatoms. The number of alkyl halides is 1. The fourth-order valence-electron chi connectivity index (χ4n) is 2.33. The summed E-state index contributed by atoms with van der Waals surface area (Å²) < 4.78 is 6.52. The maximum atomic E-state index is 12.0. The van der Waals surface area contributed by atoms with Gasteiger partial charge in [0.2, 0.25) is 5.91 Å². The monoisotopic (exact) mass is 310 g/mol. The van der Waals surface area contributed by atoms with Crippen LogP contribution in [0.4, 0.5) is 5.13 Å². The predicted molar refractivity (Wildman–Crippen MR) is 82.0 cm³/mol. The molecule has 2 heterocycles. The van der Waals surface area contributed by atoms with Crippen molar-refractivity contribution in [1.82, 2.24) is 4.98 Å². The summed E-state index contributed by atoms with van der Waals surface area (Å²) in [5, 5.41) is 0.756. The van der Waals surface area contributed by atoms with Crippen LogP contribution in [-0.2, 0) is 4.79 Å². The van der Waals surface area contributed by atoms with E-state index < -0.39 is 0 Å². The zero-order valence-electron chi connectivity index (χ0n) is 11.1. The number of thiazole rings is 1. The molecule has 1 aromatic heterocycles. The molecular formula is C14H15ClN2O2S. The van der Waals surface area contributed by atoms with E-state index in [1.54, 1.807) is 4.90 Å². The van der Waals surface area contributed by atoms with Crippen LogP contribution in [0, 0.1) is 5.92 Å². The highest BCUT2D eigenvalue weighted by Crippen LogP contribution is 2.34. The highest BCUT2D eigenvalue weighted by Gasteiger charge is 2.31. The average molecular weight is 311 g/mol. The molecule has 1 amide bonds. The highest BCUT2D eigenvalue weighted by atomic mass is 35.5. The van der Waals surface area contributed by atoms with Crippen LogP contribution in [0.5, 0.6) is 5.75 Å². The van der Waals surface area contributed by atoms with Crippen LogP contribution in [0.3, 0.4) is 0 Å². The number of nitrogens with zero attached hydrogens (tertiary/aromatic N) is 2. The summed E-state index contributed by atoms with van der Waals surface area (Å²) >= 11 is 7.37. The molecule has 1 saturated heterocycles. The lowest BCUT2D eigenvalue weighted by Crippen LogP contribution is -2.24. The minimum Gasteiger partial charge on any atom is -0.494 e.